The van der Waals surface area contributed by atoms with Gasteiger partial charge in [-0.3, -0.25) is 9.69 Å². The van der Waals surface area contributed by atoms with Gasteiger partial charge in [-0.1, -0.05) is 12.1 Å². The minimum atomic E-state index is -0.267. The summed E-state index contributed by atoms with van der Waals surface area (Å²) in [4.78, 5) is 14.0. The first-order valence-electron chi connectivity index (χ1n) is 6.92. The highest BCUT2D eigenvalue weighted by molar-refractivity contribution is 5.78. The number of nitrogens with zero attached hydrogens (tertiary/aromatic N) is 1. The summed E-state index contributed by atoms with van der Waals surface area (Å²) in [6, 6.07) is 6.14. The molecule has 0 bridgehead atoms. The minimum Gasteiger partial charge on any atom is -0.373 e. The van der Waals surface area contributed by atoms with Crippen LogP contribution >= 0.6 is 0 Å². The van der Waals surface area contributed by atoms with Gasteiger partial charge in [0.1, 0.15) is 5.82 Å². The molecule has 2 atom stereocenters. The smallest absolute Gasteiger partial charge is 0.234 e. The zero-order chi connectivity index (χ0) is 14.5. The van der Waals surface area contributed by atoms with Gasteiger partial charge in [-0.25, -0.2) is 4.39 Å². The van der Waals surface area contributed by atoms with Gasteiger partial charge in [-0.05, 0) is 31.5 Å². The molecule has 0 unspecified atom stereocenters. The van der Waals surface area contributed by atoms with Crippen molar-refractivity contribution in [2.24, 2.45) is 0 Å². The van der Waals surface area contributed by atoms with Crippen molar-refractivity contribution in [2.45, 2.75) is 32.6 Å². The predicted octanol–water partition coefficient (Wildman–Crippen LogP) is 1.55. The van der Waals surface area contributed by atoms with Crippen LogP contribution in [0.5, 0.6) is 0 Å². The van der Waals surface area contributed by atoms with E-state index in [0.29, 0.717) is 13.1 Å². The second-order valence-corrected chi connectivity index (χ2v) is 5.35. The van der Waals surface area contributed by atoms with Crippen molar-refractivity contribution >= 4 is 5.91 Å². The molecule has 1 saturated heterocycles. The number of carbonyl (C=O) groups is 1. The van der Waals surface area contributed by atoms with Crippen LogP contribution in [0.3, 0.4) is 0 Å². The van der Waals surface area contributed by atoms with Crippen molar-refractivity contribution in [1.82, 2.24) is 10.2 Å². The standard InChI is InChI=1S/C15H21FN2O2/c1-11-8-18(9-12(2)20-11)10-15(19)17-7-13-3-5-14(16)6-4-13/h3-6,11-12H,7-10H2,1-2H3,(H,17,19)/t11-,12-/m1/s1. The Kier molecular flexibility index (Phi) is 5.09. The number of amides is 1. The normalized spacial score (nSPS) is 23.6. The molecule has 1 amide bonds. The second-order valence-electron chi connectivity index (χ2n) is 5.35. The van der Waals surface area contributed by atoms with Crippen molar-refractivity contribution in [1.29, 1.82) is 0 Å². The van der Waals surface area contributed by atoms with Crippen molar-refractivity contribution in [3.8, 4) is 0 Å². The van der Waals surface area contributed by atoms with E-state index in [9.17, 15) is 9.18 Å². The molecule has 1 N–H and O–H groups in total. The highest BCUT2D eigenvalue weighted by Gasteiger charge is 2.23. The Hall–Kier alpha value is -1.46. The Morgan fingerprint density at radius 2 is 1.90 bits per heavy atom. The first kappa shape index (κ1) is 14.9. The second kappa shape index (κ2) is 6.81. The Morgan fingerprint density at radius 3 is 2.50 bits per heavy atom. The molecule has 1 aromatic rings. The van der Waals surface area contributed by atoms with Gasteiger partial charge >= 0.3 is 0 Å². The summed E-state index contributed by atoms with van der Waals surface area (Å²) >= 11 is 0. The zero-order valence-corrected chi connectivity index (χ0v) is 11.9. The van der Waals surface area contributed by atoms with Gasteiger partial charge in [0.15, 0.2) is 0 Å². The number of nitrogens with one attached hydrogen (secondary N) is 1. The van der Waals surface area contributed by atoms with Crippen molar-refractivity contribution in [3.05, 3.63) is 35.6 Å². The Morgan fingerprint density at radius 1 is 1.30 bits per heavy atom. The maximum absolute atomic E-state index is 12.8. The van der Waals surface area contributed by atoms with Gasteiger partial charge in [0.05, 0.1) is 18.8 Å². The summed E-state index contributed by atoms with van der Waals surface area (Å²) in [6.45, 7) is 6.37. The van der Waals surface area contributed by atoms with E-state index in [1.165, 1.54) is 12.1 Å². The fourth-order valence-corrected chi connectivity index (χ4v) is 2.48. The van der Waals surface area contributed by atoms with E-state index in [0.717, 1.165) is 18.7 Å². The van der Waals surface area contributed by atoms with Crippen LogP contribution in [0.15, 0.2) is 24.3 Å². The molecule has 1 aromatic carbocycles. The van der Waals surface area contributed by atoms with Crippen LogP contribution in [-0.2, 0) is 16.1 Å². The molecular formula is C15H21FN2O2. The van der Waals surface area contributed by atoms with Crippen LogP contribution in [-0.4, -0.2) is 42.6 Å². The summed E-state index contributed by atoms with van der Waals surface area (Å²) < 4.78 is 18.4. The molecule has 20 heavy (non-hydrogen) atoms. The molecule has 2 rings (SSSR count). The van der Waals surface area contributed by atoms with Gasteiger partial charge in [-0.2, -0.15) is 0 Å². The largest absolute Gasteiger partial charge is 0.373 e. The third-order valence-corrected chi connectivity index (χ3v) is 3.27. The van der Waals surface area contributed by atoms with E-state index in [1.807, 2.05) is 13.8 Å². The molecule has 1 fully saturated rings. The molecule has 0 spiro atoms. The van der Waals surface area contributed by atoms with E-state index < -0.39 is 0 Å². The highest BCUT2D eigenvalue weighted by Crippen LogP contribution is 2.10. The van der Waals surface area contributed by atoms with E-state index in [4.69, 9.17) is 4.74 Å². The molecule has 0 aliphatic carbocycles. The monoisotopic (exact) mass is 280 g/mol. The van der Waals surface area contributed by atoms with Gasteiger partial charge in [0, 0.05) is 19.6 Å². The number of ether oxygens (including phenoxy) is 1. The number of morpholine rings is 1. The number of halogens is 1. The third-order valence-electron chi connectivity index (χ3n) is 3.27. The van der Waals surface area contributed by atoms with Crippen molar-refractivity contribution in [2.75, 3.05) is 19.6 Å². The van der Waals surface area contributed by atoms with Crippen LogP contribution in [0.25, 0.3) is 0 Å². The van der Waals surface area contributed by atoms with Crippen LogP contribution in [0.2, 0.25) is 0 Å². The van der Waals surface area contributed by atoms with Crippen molar-refractivity contribution in [3.63, 3.8) is 0 Å². The van der Waals surface area contributed by atoms with Crippen LogP contribution in [0.4, 0.5) is 4.39 Å². The first-order valence-corrected chi connectivity index (χ1v) is 6.92. The van der Waals surface area contributed by atoms with Crippen LogP contribution in [0, 0.1) is 5.82 Å². The fraction of sp³-hybridized carbons (Fsp3) is 0.533. The molecule has 0 saturated carbocycles. The lowest BCUT2D eigenvalue weighted by molar-refractivity contribution is -0.126. The number of benzene rings is 1. The van der Waals surface area contributed by atoms with Gasteiger partial charge in [0.2, 0.25) is 5.91 Å². The molecule has 0 aromatic heterocycles. The fourth-order valence-electron chi connectivity index (χ4n) is 2.48. The molecule has 5 heteroatoms. The van der Waals surface area contributed by atoms with E-state index in [2.05, 4.69) is 10.2 Å². The highest BCUT2D eigenvalue weighted by atomic mass is 19.1. The van der Waals surface area contributed by atoms with Gasteiger partial charge in [-0.15, -0.1) is 0 Å². The lowest BCUT2D eigenvalue weighted by Gasteiger charge is -2.34. The van der Waals surface area contributed by atoms with Crippen LogP contribution in [0.1, 0.15) is 19.4 Å². The number of hydrogen-bond donors (Lipinski definition) is 1. The lowest BCUT2D eigenvalue weighted by Crippen LogP contribution is -2.49. The predicted molar refractivity (Wildman–Crippen MR) is 74.7 cm³/mol. The molecule has 110 valence electrons. The summed E-state index contributed by atoms with van der Waals surface area (Å²) in [5.74, 6) is -0.285. The van der Waals surface area contributed by atoms with E-state index in [-0.39, 0.29) is 23.9 Å². The third kappa shape index (κ3) is 4.58. The topological polar surface area (TPSA) is 41.6 Å². The minimum absolute atomic E-state index is 0.0179. The lowest BCUT2D eigenvalue weighted by atomic mass is 10.2. The van der Waals surface area contributed by atoms with Gasteiger partial charge < -0.3 is 10.1 Å². The Labute approximate surface area is 118 Å². The molecule has 1 heterocycles. The SMILES string of the molecule is C[C@@H]1CN(CC(=O)NCc2ccc(F)cc2)C[C@@H](C)O1. The van der Waals surface area contributed by atoms with Gasteiger partial charge in [0.25, 0.3) is 0 Å². The average molecular weight is 280 g/mol. The maximum atomic E-state index is 12.8. The average Bonchev–Trinajstić information content (AvgIpc) is 2.37. The molecule has 0 radical (unpaired) electrons. The van der Waals surface area contributed by atoms with Crippen LogP contribution < -0.4 is 5.32 Å². The Bertz CT molecular complexity index is 440. The number of rotatable bonds is 4. The summed E-state index contributed by atoms with van der Waals surface area (Å²) in [6.07, 6.45) is 0.312. The number of carbonyl (C=O) groups excluding carboxylic acids is 1. The van der Waals surface area contributed by atoms with E-state index >= 15 is 0 Å². The number of hydrogen-bond acceptors (Lipinski definition) is 3. The molecule has 4 nitrogen and oxygen atoms in total. The van der Waals surface area contributed by atoms with E-state index in [1.54, 1.807) is 12.1 Å². The maximum Gasteiger partial charge on any atom is 0.234 e. The Balaban J connectivity index is 1.76. The molecule has 1 aliphatic rings. The summed E-state index contributed by atoms with van der Waals surface area (Å²) in [5, 5.41) is 2.85. The zero-order valence-electron chi connectivity index (χ0n) is 11.9. The van der Waals surface area contributed by atoms with Crippen molar-refractivity contribution < 1.29 is 13.9 Å². The molecular weight excluding hydrogens is 259 g/mol. The summed E-state index contributed by atoms with van der Waals surface area (Å²) in [5.41, 5.74) is 0.892. The summed E-state index contributed by atoms with van der Waals surface area (Å²) in [7, 11) is 0. The first-order chi connectivity index (χ1) is 9.52. The quantitative estimate of drug-likeness (QED) is 0.910. The molecule has 1 aliphatic heterocycles.